The van der Waals surface area contributed by atoms with E-state index in [-0.39, 0.29) is 17.1 Å². The number of hydrogen-bond donors (Lipinski definition) is 1. The van der Waals surface area contributed by atoms with E-state index in [0.29, 0.717) is 5.56 Å². The molecule has 0 aliphatic heterocycles. The predicted octanol–water partition coefficient (Wildman–Crippen LogP) is 0.933. The second-order valence-electron chi connectivity index (χ2n) is 3.24. The number of carboxylic acids is 1. The standard InChI is InChI=1S/C11H10O4S/c1-2-6-16(14,15)8-9-4-3-5-10(7-9)11(12)13/h1,3-5,7H,6,8H2,(H,12,13). The molecule has 0 radical (unpaired) electrons. The third-order valence-electron chi connectivity index (χ3n) is 1.86. The van der Waals surface area contributed by atoms with E-state index < -0.39 is 15.8 Å². The molecule has 0 fully saturated rings. The van der Waals surface area contributed by atoms with E-state index in [1.54, 1.807) is 6.07 Å². The molecule has 0 unspecified atom stereocenters. The lowest BCUT2D eigenvalue weighted by Crippen LogP contribution is -2.08. The van der Waals surface area contributed by atoms with Gasteiger partial charge in [0, 0.05) is 0 Å². The van der Waals surface area contributed by atoms with E-state index in [4.69, 9.17) is 11.5 Å². The van der Waals surface area contributed by atoms with Gasteiger partial charge in [-0.05, 0) is 17.7 Å². The molecule has 0 heterocycles. The van der Waals surface area contributed by atoms with Crippen molar-refractivity contribution in [2.75, 3.05) is 5.75 Å². The number of carboxylic acid groups (broad SMARTS) is 1. The van der Waals surface area contributed by atoms with Gasteiger partial charge >= 0.3 is 5.97 Å². The molecule has 0 spiro atoms. The monoisotopic (exact) mass is 238 g/mol. The van der Waals surface area contributed by atoms with Gasteiger partial charge in [0.2, 0.25) is 0 Å². The number of sulfone groups is 1. The Hall–Kier alpha value is -1.80. The van der Waals surface area contributed by atoms with E-state index in [1.165, 1.54) is 18.2 Å². The zero-order valence-electron chi connectivity index (χ0n) is 8.38. The van der Waals surface area contributed by atoms with Crippen LogP contribution in [-0.2, 0) is 15.6 Å². The highest BCUT2D eigenvalue weighted by Crippen LogP contribution is 2.09. The molecular weight excluding hydrogens is 228 g/mol. The van der Waals surface area contributed by atoms with Crippen LogP contribution in [0.2, 0.25) is 0 Å². The van der Waals surface area contributed by atoms with Crippen molar-refractivity contribution in [2.24, 2.45) is 0 Å². The Bertz CT molecular complexity index is 537. The fourth-order valence-electron chi connectivity index (χ4n) is 1.23. The first kappa shape index (κ1) is 12.3. The van der Waals surface area contributed by atoms with Crippen molar-refractivity contribution in [1.82, 2.24) is 0 Å². The summed E-state index contributed by atoms with van der Waals surface area (Å²) in [6.07, 6.45) is 4.92. The molecule has 0 aliphatic rings. The quantitative estimate of drug-likeness (QED) is 0.792. The molecule has 1 aromatic rings. The van der Waals surface area contributed by atoms with Gasteiger partial charge in [-0.25, -0.2) is 13.2 Å². The number of rotatable bonds is 4. The van der Waals surface area contributed by atoms with Crippen LogP contribution in [-0.4, -0.2) is 25.2 Å². The summed E-state index contributed by atoms with van der Waals surface area (Å²) in [7, 11) is -3.36. The molecule has 0 bridgehead atoms. The second kappa shape index (κ2) is 4.81. The molecule has 1 aromatic carbocycles. The molecular formula is C11H10O4S. The molecule has 0 saturated carbocycles. The summed E-state index contributed by atoms with van der Waals surface area (Å²) in [4.78, 5) is 10.7. The van der Waals surface area contributed by atoms with Crippen molar-refractivity contribution < 1.29 is 18.3 Å². The highest BCUT2D eigenvalue weighted by atomic mass is 32.2. The van der Waals surface area contributed by atoms with Crippen molar-refractivity contribution in [3.05, 3.63) is 35.4 Å². The lowest BCUT2D eigenvalue weighted by molar-refractivity contribution is 0.0696. The SMILES string of the molecule is C#CCS(=O)(=O)Cc1cccc(C(=O)O)c1. The molecule has 1 rings (SSSR count). The predicted molar refractivity (Wildman–Crippen MR) is 59.7 cm³/mol. The van der Waals surface area contributed by atoms with Crippen molar-refractivity contribution >= 4 is 15.8 Å². The van der Waals surface area contributed by atoms with E-state index in [1.807, 2.05) is 0 Å². The lowest BCUT2D eigenvalue weighted by atomic mass is 10.1. The molecule has 0 saturated heterocycles. The summed E-state index contributed by atoms with van der Waals surface area (Å²) >= 11 is 0. The summed E-state index contributed by atoms with van der Waals surface area (Å²) in [5, 5.41) is 8.73. The summed E-state index contributed by atoms with van der Waals surface area (Å²) < 4.78 is 22.8. The van der Waals surface area contributed by atoms with Gasteiger partial charge in [0.15, 0.2) is 9.84 Å². The highest BCUT2D eigenvalue weighted by Gasteiger charge is 2.11. The normalized spacial score (nSPS) is 10.7. The van der Waals surface area contributed by atoms with Crippen LogP contribution in [0.25, 0.3) is 0 Å². The van der Waals surface area contributed by atoms with Gasteiger partial charge < -0.3 is 5.11 Å². The number of carbonyl (C=O) groups is 1. The molecule has 1 N–H and O–H groups in total. The molecule has 0 amide bonds. The Labute approximate surface area is 93.8 Å². The summed E-state index contributed by atoms with van der Waals surface area (Å²) in [5.41, 5.74) is 0.489. The van der Waals surface area contributed by atoms with Crippen LogP contribution in [0.3, 0.4) is 0 Å². The van der Waals surface area contributed by atoms with E-state index in [9.17, 15) is 13.2 Å². The number of aromatic carboxylic acids is 1. The summed E-state index contributed by atoms with van der Waals surface area (Å²) in [6, 6.07) is 5.79. The molecule has 5 heteroatoms. The molecule has 84 valence electrons. The van der Waals surface area contributed by atoms with Crippen LogP contribution in [0.4, 0.5) is 0 Å². The van der Waals surface area contributed by atoms with Crippen LogP contribution >= 0.6 is 0 Å². The molecule has 0 aromatic heterocycles. The van der Waals surface area contributed by atoms with Gasteiger partial charge in [0.1, 0.15) is 5.75 Å². The zero-order chi connectivity index (χ0) is 12.2. The average molecular weight is 238 g/mol. The highest BCUT2D eigenvalue weighted by molar-refractivity contribution is 7.90. The maximum atomic E-state index is 11.4. The molecule has 4 nitrogen and oxygen atoms in total. The average Bonchev–Trinajstić information content (AvgIpc) is 2.17. The van der Waals surface area contributed by atoms with E-state index >= 15 is 0 Å². The van der Waals surface area contributed by atoms with E-state index in [0.717, 1.165) is 0 Å². The fraction of sp³-hybridized carbons (Fsp3) is 0.182. The van der Waals surface area contributed by atoms with Crippen molar-refractivity contribution in [3.8, 4) is 12.3 Å². The summed E-state index contributed by atoms with van der Waals surface area (Å²) in [5.74, 6) is 0.394. The maximum Gasteiger partial charge on any atom is 0.335 e. The van der Waals surface area contributed by atoms with Gasteiger partial charge in [0.25, 0.3) is 0 Å². The van der Waals surface area contributed by atoms with Gasteiger partial charge in [-0.2, -0.15) is 0 Å². The van der Waals surface area contributed by atoms with Crippen molar-refractivity contribution in [1.29, 1.82) is 0 Å². The third-order valence-corrected chi connectivity index (χ3v) is 3.24. The minimum atomic E-state index is -3.36. The van der Waals surface area contributed by atoms with Crippen molar-refractivity contribution in [2.45, 2.75) is 5.75 Å². The number of hydrogen-bond acceptors (Lipinski definition) is 3. The Morgan fingerprint density at radius 2 is 2.12 bits per heavy atom. The van der Waals surface area contributed by atoms with Crippen LogP contribution in [0, 0.1) is 12.3 Å². The summed E-state index contributed by atoms with van der Waals surface area (Å²) in [6.45, 7) is 0. The first-order valence-corrected chi connectivity index (χ1v) is 6.23. The fourth-order valence-corrected chi connectivity index (χ4v) is 2.27. The topological polar surface area (TPSA) is 71.4 Å². The van der Waals surface area contributed by atoms with Crippen LogP contribution in [0.15, 0.2) is 24.3 Å². The van der Waals surface area contributed by atoms with Crippen LogP contribution < -0.4 is 0 Å². The first-order valence-electron chi connectivity index (χ1n) is 4.41. The molecule has 0 aliphatic carbocycles. The van der Waals surface area contributed by atoms with Gasteiger partial charge in [-0.15, -0.1) is 6.42 Å². The second-order valence-corrected chi connectivity index (χ2v) is 5.31. The molecule has 0 atom stereocenters. The van der Waals surface area contributed by atoms with Gasteiger partial charge in [-0.3, -0.25) is 0 Å². The number of benzene rings is 1. The van der Waals surface area contributed by atoms with Crippen molar-refractivity contribution in [3.63, 3.8) is 0 Å². The Morgan fingerprint density at radius 3 is 2.69 bits per heavy atom. The van der Waals surface area contributed by atoms with Gasteiger partial charge in [-0.1, -0.05) is 18.1 Å². The smallest absolute Gasteiger partial charge is 0.335 e. The Kier molecular flexibility index (Phi) is 3.69. The zero-order valence-corrected chi connectivity index (χ0v) is 9.20. The molecule has 16 heavy (non-hydrogen) atoms. The Balaban J connectivity index is 2.95. The number of terminal acetylenes is 1. The first-order chi connectivity index (χ1) is 7.44. The van der Waals surface area contributed by atoms with Gasteiger partial charge in [0.05, 0.1) is 11.3 Å². The minimum Gasteiger partial charge on any atom is -0.478 e. The Morgan fingerprint density at radius 1 is 1.44 bits per heavy atom. The van der Waals surface area contributed by atoms with Crippen LogP contribution in [0.1, 0.15) is 15.9 Å². The largest absolute Gasteiger partial charge is 0.478 e. The third kappa shape index (κ3) is 3.41. The maximum absolute atomic E-state index is 11.4. The van der Waals surface area contributed by atoms with E-state index in [2.05, 4.69) is 5.92 Å². The lowest BCUT2D eigenvalue weighted by Gasteiger charge is -2.02. The minimum absolute atomic E-state index is 0.0633. The van der Waals surface area contributed by atoms with Crippen LogP contribution in [0.5, 0.6) is 0 Å².